The second-order valence-corrected chi connectivity index (χ2v) is 5.47. The van der Waals surface area contributed by atoms with Crippen LogP contribution in [0.2, 0.25) is 0 Å². The van der Waals surface area contributed by atoms with Crippen LogP contribution in [0.4, 0.5) is 0 Å². The van der Waals surface area contributed by atoms with Crippen LogP contribution >= 0.6 is 0 Å². The van der Waals surface area contributed by atoms with Crippen LogP contribution in [0.1, 0.15) is 37.3 Å². The molecule has 0 saturated carbocycles. The number of nitrogens with zero attached hydrogens (tertiary/aromatic N) is 3. The Morgan fingerprint density at radius 2 is 2.20 bits per heavy atom. The summed E-state index contributed by atoms with van der Waals surface area (Å²) < 4.78 is 1.65. The van der Waals surface area contributed by atoms with Crippen molar-refractivity contribution in [3.8, 4) is 0 Å². The summed E-state index contributed by atoms with van der Waals surface area (Å²) in [6, 6.07) is -0.626. The fourth-order valence-corrected chi connectivity index (χ4v) is 2.56. The standard InChI is InChI=1S/C14H25N5O/c1-18-11-12(10-17-18)13(15)14(20)16-6-5-9-19-7-3-2-4-8-19/h10-11,13H,2-9,15H2,1H3,(H,16,20). The number of rotatable bonds is 6. The third-order valence-electron chi connectivity index (χ3n) is 3.77. The van der Waals surface area contributed by atoms with E-state index in [2.05, 4.69) is 15.3 Å². The molecule has 0 radical (unpaired) electrons. The molecule has 1 unspecified atom stereocenters. The molecular formula is C14H25N5O. The number of hydrogen-bond acceptors (Lipinski definition) is 4. The van der Waals surface area contributed by atoms with Crippen molar-refractivity contribution in [3.63, 3.8) is 0 Å². The lowest BCUT2D eigenvalue weighted by atomic mass is 10.1. The fourth-order valence-electron chi connectivity index (χ4n) is 2.56. The topological polar surface area (TPSA) is 76.2 Å². The molecule has 0 aliphatic carbocycles. The van der Waals surface area contributed by atoms with Crippen LogP contribution in [0.5, 0.6) is 0 Å². The van der Waals surface area contributed by atoms with E-state index in [1.165, 1.54) is 32.4 Å². The van der Waals surface area contributed by atoms with Crippen LogP contribution in [-0.2, 0) is 11.8 Å². The first-order valence-corrected chi connectivity index (χ1v) is 7.41. The summed E-state index contributed by atoms with van der Waals surface area (Å²) in [7, 11) is 1.81. The van der Waals surface area contributed by atoms with Gasteiger partial charge in [-0.05, 0) is 38.9 Å². The highest BCUT2D eigenvalue weighted by molar-refractivity contribution is 5.82. The summed E-state index contributed by atoms with van der Waals surface area (Å²) >= 11 is 0. The third-order valence-corrected chi connectivity index (χ3v) is 3.77. The van der Waals surface area contributed by atoms with Crippen LogP contribution in [0, 0.1) is 0 Å². The van der Waals surface area contributed by atoms with Crippen LogP contribution in [0.3, 0.4) is 0 Å². The predicted molar refractivity (Wildman–Crippen MR) is 78.1 cm³/mol. The summed E-state index contributed by atoms with van der Waals surface area (Å²) in [6.45, 7) is 4.14. The highest BCUT2D eigenvalue weighted by Gasteiger charge is 2.16. The van der Waals surface area contributed by atoms with Crippen molar-refractivity contribution in [3.05, 3.63) is 18.0 Å². The first-order chi connectivity index (χ1) is 9.66. The molecule has 1 aromatic heterocycles. The van der Waals surface area contributed by atoms with E-state index in [9.17, 15) is 4.79 Å². The quantitative estimate of drug-likeness (QED) is 0.740. The molecule has 0 aromatic carbocycles. The zero-order valence-corrected chi connectivity index (χ0v) is 12.2. The summed E-state index contributed by atoms with van der Waals surface area (Å²) in [5.41, 5.74) is 6.65. The van der Waals surface area contributed by atoms with Crippen LogP contribution in [-0.4, -0.2) is 46.8 Å². The van der Waals surface area contributed by atoms with Crippen LogP contribution in [0.25, 0.3) is 0 Å². The molecule has 0 bridgehead atoms. The summed E-state index contributed by atoms with van der Waals surface area (Å²) in [5, 5.41) is 6.93. The molecule has 1 aromatic rings. The first-order valence-electron chi connectivity index (χ1n) is 7.41. The largest absolute Gasteiger partial charge is 0.354 e. The Bertz CT molecular complexity index is 425. The van der Waals surface area contributed by atoms with Crippen molar-refractivity contribution in [1.29, 1.82) is 0 Å². The molecule has 1 aliphatic rings. The van der Waals surface area contributed by atoms with Gasteiger partial charge in [-0.3, -0.25) is 9.48 Å². The van der Waals surface area contributed by atoms with E-state index < -0.39 is 6.04 Å². The minimum absolute atomic E-state index is 0.128. The number of nitrogens with one attached hydrogen (secondary N) is 1. The molecule has 6 heteroatoms. The van der Waals surface area contributed by atoms with Gasteiger partial charge in [0.05, 0.1) is 6.20 Å². The Balaban J connectivity index is 1.64. The lowest BCUT2D eigenvalue weighted by Gasteiger charge is -2.26. The van der Waals surface area contributed by atoms with Gasteiger partial charge in [-0.2, -0.15) is 5.10 Å². The van der Waals surface area contributed by atoms with E-state index in [-0.39, 0.29) is 5.91 Å². The lowest BCUT2D eigenvalue weighted by molar-refractivity contribution is -0.122. The Morgan fingerprint density at radius 3 is 2.85 bits per heavy atom. The number of nitrogens with two attached hydrogens (primary N) is 1. The molecule has 1 saturated heterocycles. The minimum Gasteiger partial charge on any atom is -0.354 e. The van der Waals surface area contributed by atoms with Crippen LogP contribution < -0.4 is 11.1 Å². The lowest BCUT2D eigenvalue weighted by Crippen LogP contribution is -2.36. The van der Waals surface area contributed by atoms with Crippen molar-refractivity contribution in [2.75, 3.05) is 26.2 Å². The van der Waals surface area contributed by atoms with Gasteiger partial charge in [0, 0.05) is 25.4 Å². The van der Waals surface area contributed by atoms with Crippen LogP contribution in [0.15, 0.2) is 12.4 Å². The molecule has 6 nitrogen and oxygen atoms in total. The van der Waals surface area contributed by atoms with E-state index in [1.807, 2.05) is 7.05 Å². The number of piperidine rings is 1. The Morgan fingerprint density at radius 1 is 1.45 bits per heavy atom. The van der Waals surface area contributed by atoms with E-state index in [0.29, 0.717) is 6.54 Å². The second-order valence-electron chi connectivity index (χ2n) is 5.47. The molecule has 2 heterocycles. The molecular weight excluding hydrogens is 254 g/mol. The first kappa shape index (κ1) is 15.0. The maximum atomic E-state index is 11.9. The van der Waals surface area contributed by atoms with Gasteiger partial charge in [0.15, 0.2) is 0 Å². The molecule has 0 spiro atoms. The highest BCUT2D eigenvalue weighted by atomic mass is 16.2. The molecule has 3 N–H and O–H groups in total. The number of aryl methyl sites for hydroxylation is 1. The Kier molecular flexibility index (Phi) is 5.55. The van der Waals surface area contributed by atoms with E-state index in [1.54, 1.807) is 17.1 Å². The Labute approximate surface area is 120 Å². The summed E-state index contributed by atoms with van der Waals surface area (Å²) in [5.74, 6) is -0.128. The van der Waals surface area contributed by atoms with Gasteiger partial charge in [0.1, 0.15) is 6.04 Å². The number of carbonyl (C=O) groups is 1. The average molecular weight is 279 g/mol. The average Bonchev–Trinajstić information content (AvgIpc) is 2.90. The van der Waals surface area contributed by atoms with E-state index >= 15 is 0 Å². The fraction of sp³-hybridized carbons (Fsp3) is 0.714. The maximum Gasteiger partial charge on any atom is 0.241 e. The number of amides is 1. The number of likely N-dealkylation sites (tertiary alicyclic amines) is 1. The molecule has 1 atom stereocenters. The third kappa shape index (κ3) is 4.31. The molecule has 2 rings (SSSR count). The van der Waals surface area contributed by atoms with Gasteiger partial charge in [-0.1, -0.05) is 6.42 Å². The van der Waals surface area contributed by atoms with Gasteiger partial charge in [-0.25, -0.2) is 0 Å². The highest BCUT2D eigenvalue weighted by Crippen LogP contribution is 2.09. The summed E-state index contributed by atoms with van der Waals surface area (Å²) in [6.07, 6.45) is 8.35. The smallest absolute Gasteiger partial charge is 0.241 e. The minimum atomic E-state index is -0.626. The molecule has 112 valence electrons. The van der Waals surface area contributed by atoms with Gasteiger partial charge in [-0.15, -0.1) is 0 Å². The van der Waals surface area contributed by atoms with Crippen molar-refractivity contribution in [2.24, 2.45) is 12.8 Å². The van der Waals surface area contributed by atoms with Crippen molar-refractivity contribution in [1.82, 2.24) is 20.0 Å². The number of hydrogen-bond donors (Lipinski definition) is 2. The zero-order chi connectivity index (χ0) is 14.4. The molecule has 20 heavy (non-hydrogen) atoms. The number of aromatic nitrogens is 2. The summed E-state index contributed by atoms with van der Waals surface area (Å²) in [4.78, 5) is 14.4. The maximum absolute atomic E-state index is 11.9. The Hall–Kier alpha value is -1.40. The monoisotopic (exact) mass is 279 g/mol. The second kappa shape index (κ2) is 7.40. The van der Waals surface area contributed by atoms with E-state index in [0.717, 1.165) is 18.5 Å². The van der Waals surface area contributed by atoms with Gasteiger partial charge < -0.3 is 16.0 Å². The van der Waals surface area contributed by atoms with Crippen molar-refractivity contribution in [2.45, 2.75) is 31.7 Å². The predicted octanol–water partition coefficient (Wildman–Crippen LogP) is 0.412. The van der Waals surface area contributed by atoms with Gasteiger partial charge in [0.25, 0.3) is 0 Å². The van der Waals surface area contributed by atoms with Gasteiger partial charge in [0.2, 0.25) is 5.91 Å². The van der Waals surface area contributed by atoms with E-state index in [4.69, 9.17) is 5.73 Å². The molecule has 1 aliphatic heterocycles. The normalized spacial score (nSPS) is 17.9. The molecule has 1 fully saturated rings. The van der Waals surface area contributed by atoms with Crippen molar-refractivity contribution < 1.29 is 4.79 Å². The SMILES string of the molecule is Cn1cc(C(N)C(=O)NCCCN2CCCCC2)cn1. The molecule has 1 amide bonds. The van der Waals surface area contributed by atoms with Crippen molar-refractivity contribution >= 4 is 5.91 Å². The zero-order valence-electron chi connectivity index (χ0n) is 12.2. The number of carbonyl (C=O) groups excluding carboxylic acids is 1. The van der Waals surface area contributed by atoms with Gasteiger partial charge >= 0.3 is 0 Å².